The fraction of sp³-hybridized carbons (Fsp3) is 0.400. The lowest BCUT2D eigenvalue weighted by Crippen LogP contribution is -2.44. The Kier molecular flexibility index (Phi) is 3.58. The van der Waals surface area contributed by atoms with E-state index in [2.05, 4.69) is 42.1 Å². The smallest absolute Gasteiger partial charge is 0.184 e. The fourth-order valence-corrected chi connectivity index (χ4v) is 2.80. The highest BCUT2D eigenvalue weighted by Gasteiger charge is 2.20. The van der Waals surface area contributed by atoms with Gasteiger partial charge in [-0.15, -0.1) is 5.10 Å². The van der Waals surface area contributed by atoms with E-state index in [-0.39, 0.29) is 0 Å². The van der Waals surface area contributed by atoms with Crippen LogP contribution in [0.3, 0.4) is 0 Å². The van der Waals surface area contributed by atoms with E-state index in [1.807, 2.05) is 18.3 Å². The highest BCUT2D eigenvalue weighted by Crippen LogP contribution is 2.21. The first kappa shape index (κ1) is 14.0. The second-order valence-electron chi connectivity index (χ2n) is 5.77. The number of fused-ring (bicyclic) bond motifs is 1. The average Bonchev–Trinajstić information content (AvgIpc) is 3.00. The summed E-state index contributed by atoms with van der Waals surface area (Å²) < 4.78 is 1.80. The summed E-state index contributed by atoms with van der Waals surface area (Å²) in [6.45, 7) is 4.53. The molecule has 0 bridgehead atoms. The predicted octanol–water partition coefficient (Wildman–Crippen LogP) is 0.416. The lowest BCUT2D eigenvalue weighted by atomic mass is 10.3. The van der Waals surface area contributed by atoms with Crippen molar-refractivity contribution in [2.45, 2.75) is 6.54 Å². The SMILES string of the molecule is CN1CCN(c2ncnc3c2nnn3Cc2cccnc2)CC1. The molecule has 8 nitrogen and oxygen atoms in total. The highest BCUT2D eigenvalue weighted by molar-refractivity contribution is 5.82. The van der Waals surface area contributed by atoms with Gasteiger partial charge in [0.15, 0.2) is 17.0 Å². The van der Waals surface area contributed by atoms with Crippen LogP contribution in [0.4, 0.5) is 5.82 Å². The lowest BCUT2D eigenvalue weighted by Gasteiger charge is -2.32. The van der Waals surface area contributed by atoms with Crippen molar-refractivity contribution in [1.29, 1.82) is 0 Å². The number of nitrogens with zero attached hydrogens (tertiary/aromatic N) is 8. The van der Waals surface area contributed by atoms with E-state index >= 15 is 0 Å². The third kappa shape index (κ3) is 2.72. The molecule has 1 fully saturated rings. The van der Waals surface area contributed by atoms with Crippen molar-refractivity contribution in [3.63, 3.8) is 0 Å². The molecular formula is C15H18N8. The molecule has 0 amide bonds. The van der Waals surface area contributed by atoms with Crippen LogP contribution in [-0.4, -0.2) is 68.1 Å². The van der Waals surface area contributed by atoms with Gasteiger partial charge < -0.3 is 9.80 Å². The van der Waals surface area contributed by atoms with Crippen molar-refractivity contribution in [2.24, 2.45) is 0 Å². The van der Waals surface area contributed by atoms with Gasteiger partial charge in [-0.25, -0.2) is 14.6 Å². The molecule has 3 aromatic rings. The maximum absolute atomic E-state index is 4.44. The quantitative estimate of drug-likeness (QED) is 0.694. The summed E-state index contributed by atoms with van der Waals surface area (Å²) in [4.78, 5) is 17.5. The molecule has 0 spiro atoms. The average molecular weight is 310 g/mol. The van der Waals surface area contributed by atoms with Crippen LogP contribution in [0.25, 0.3) is 11.2 Å². The number of pyridine rings is 1. The van der Waals surface area contributed by atoms with E-state index in [1.54, 1.807) is 17.2 Å². The molecule has 0 saturated carbocycles. The zero-order valence-corrected chi connectivity index (χ0v) is 13.0. The third-order valence-electron chi connectivity index (χ3n) is 4.14. The molecule has 3 aromatic heterocycles. The lowest BCUT2D eigenvalue weighted by molar-refractivity contribution is 0.312. The van der Waals surface area contributed by atoms with Gasteiger partial charge in [0.2, 0.25) is 0 Å². The van der Waals surface area contributed by atoms with E-state index in [9.17, 15) is 0 Å². The summed E-state index contributed by atoms with van der Waals surface area (Å²) in [5.74, 6) is 0.875. The van der Waals surface area contributed by atoms with Crippen LogP contribution < -0.4 is 4.90 Å². The summed E-state index contributed by atoms with van der Waals surface area (Å²) >= 11 is 0. The minimum Gasteiger partial charge on any atom is -0.352 e. The van der Waals surface area contributed by atoms with Gasteiger partial charge in [0.05, 0.1) is 6.54 Å². The van der Waals surface area contributed by atoms with E-state index in [4.69, 9.17) is 0 Å². The summed E-state index contributed by atoms with van der Waals surface area (Å²) in [5, 5.41) is 8.58. The molecule has 0 aromatic carbocycles. The highest BCUT2D eigenvalue weighted by atomic mass is 15.4. The number of anilines is 1. The van der Waals surface area contributed by atoms with E-state index in [1.165, 1.54) is 0 Å². The van der Waals surface area contributed by atoms with Crippen molar-refractivity contribution >= 4 is 17.0 Å². The molecule has 8 heteroatoms. The van der Waals surface area contributed by atoms with Gasteiger partial charge in [0, 0.05) is 38.6 Å². The Morgan fingerprint density at radius 1 is 1.13 bits per heavy atom. The van der Waals surface area contributed by atoms with Gasteiger partial charge in [-0.3, -0.25) is 4.98 Å². The normalized spacial score (nSPS) is 16.1. The Balaban J connectivity index is 1.66. The van der Waals surface area contributed by atoms with Crippen LogP contribution in [0.2, 0.25) is 0 Å². The van der Waals surface area contributed by atoms with Crippen LogP contribution in [0, 0.1) is 0 Å². The molecule has 23 heavy (non-hydrogen) atoms. The second kappa shape index (κ2) is 5.88. The summed E-state index contributed by atoms with van der Waals surface area (Å²) in [6.07, 6.45) is 5.19. The molecule has 1 aliphatic rings. The molecule has 4 rings (SSSR count). The van der Waals surface area contributed by atoms with Gasteiger partial charge in [0.25, 0.3) is 0 Å². The van der Waals surface area contributed by atoms with Crippen molar-refractivity contribution in [2.75, 3.05) is 38.1 Å². The fourth-order valence-electron chi connectivity index (χ4n) is 2.80. The summed E-state index contributed by atoms with van der Waals surface area (Å²) in [7, 11) is 2.14. The van der Waals surface area contributed by atoms with E-state index < -0.39 is 0 Å². The van der Waals surface area contributed by atoms with Gasteiger partial charge in [0.1, 0.15) is 6.33 Å². The van der Waals surface area contributed by atoms with Gasteiger partial charge in [-0.05, 0) is 18.7 Å². The molecule has 0 unspecified atom stereocenters. The van der Waals surface area contributed by atoms with Crippen molar-refractivity contribution in [3.05, 3.63) is 36.4 Å². The summed E-state index contributed by atoms with van der Waals surface area (Å²) in [5.41, 5.74) is 2.60. The van der Waals surface area contributed by atoms with Crippen LogP contribution in [0.5, 0.6) is 0 Å². The number of hydrogen-bond acceptors (Lipinski definition) is 7. The number of piperazine rings is 1. The maximum atomic E-state index is 4.44. The van der Waals surface area contributed by atoms with Gasteiger partial charge >= 0.3 is 0 Å². The Bertz CT molecular complexity index is 792. The Labute approximate surface area is 133 Å². The molecular weight excluding hydrogens is 292 g/mol. The first-order valence-corrected chi connectivity index (χ1v) is 7.68. The number of hydrogen-bond donors (Lipinski definition) is 0. The predicted molar refractivity (Wildman–Crippen MR) is 86.2 cm³/mol. The number of rotatable bonds is 3. The first-order chi connectivity index (χ1) is 11.3. The molecule has 0 radical (unpaired) electrons. The minimum atomic E-state index is 0.601. The molecule has 1 saturated heterocycles. The summed E-state index contributed by atoms with van der Waals surface area (Å²) in [6, 6.07) is 3.93. The molecule has 4 heterocycles. The molecule has 0 N–H and O–H groups in total. The first-order valence-electron chi connectivity index (χ1n) is 7.68. The van der Waals surface area contributed by atoms with Gasteiger partial charge in [-0.2, -0.15) is 0 Å². The Morgan fingerprint density at radius 3 is 2.78 bits per heavy atom. The van der Waals surface area contributed by atoms with Gasteiger partial charge in [-0.1, -0.05) is 11.3 Å². The van der Waals surface area contributed by atoms with Crippen LogP contribution in [0.15, 0.2) is 30.9 Å². The van der Waals surface area contributed by atoms with Crippen LogP contribution in [0.1, 0.15) is 5.56 Å². The van der Waals surface area contributed by atoms with Crippen LogP contribution in [-0.2, 0) is 6.54 Å². The van der Waals surface area contributed by atoms with E-state index in [0.717, 1.165) is 48.7 Å². The monoisotopic (exact) mass is 310 g/mol. The minimum absolute atomic E-state index is 0.601. The van der Waals surface area contributed by atoms with Crippen molar-refractivity contribution < 1.29 is 0 Å². The topological polar surface area (TPSA) is 75.9 Å². The molecule has 0 atom stereocenters. The Hall–Kier alpha value is -2.61. The number of aromatic nitrogens is 6. The molecule has 0 aliphatic carbocycles. The largest absolute Gasteiger partial charge is 0.352 e. The number of likely N-dealkylation sites (N-methyl/N-ethyl adjacent to an activating group) is 1. The standard InChI is InChI=1S/C15H18N8/c1-21-5-7-22(8-6-21)14-13-15(18-11-17-14)23(20-19-13)10-12-3-2-4-16-9-12/h2-4,9,11H,5-8,10H2,1H3. The third-order valence-corrected chi connectivity index (χ3v) is 4.14. The van der Waals surface area contributed by atoms with E-state index in [0.29, 0.717) is 6.54 Å². The zero-order valence-electron chi connectivity index (χ0n) is 13.0. The Morgan fingerprint density at radius 2 is 2.00 bits per heavy atom. The van der Waals surface area contributed by atoms with Crippen LogP contribution >= 0.6 is 0 Å². The maximum Gasteiger partial charge on any atom is 0.184 e. The second-order valence-corrected chi connectivity index (χ2v) is 5.77. The van der Waals surface area contributed by atoms with Crippen molar-refractivity contribution in [3.8, 4) is 0 Å². The molecule has 118 valence electrons. The molecule has 1 aliphatic heterocycles. The van der Waals surface area contributed by atoms with Crippen molar-refractivity contribution in [1.82, 2.24) is 34.8 Å². The zero-order chi connectivity index (χ0) is 15.6.